The molecule has 0 bridgehead atoms. The Bertz CT molecular complexity index is 554. The zero-order valence-corrected chi connectivity index (χ0v) is 13.6. The lowest BCUT2D eigenvalue weighted by atomic mass is 9.75. The highest BCUT2D eigenvalue weighted by molar-refractivity contribution is 5.76. The van der Waals surface area contributed by atoms with Crippen LogP contribution in [0.2, 0.25) is 0 Å². The molecule has 2 aliphatic rings. The van der Waals surface area contributed by atoms with E-state index in [1.807, 2.05) is 19.1 Å². The molecule has 1 aromatic carbocycles. The van der Waals surface area contributed by atoms with Gasteiger partial charge in [0, 0.05) is 19.4 Å². The highest BCUT2D eigenvalue weighted by atomic mass is 16.5. The molecule has 1 saturated carbocycles. The van der Waals surface area contributed by atoms with Crippen LogP contribution in [0.25, 0.3) is 0 Å². The summed E-state index contributed by atoms with van der Waals surface area (Å²) >= 11 is 0. The van der Waals surface area contributed by atoms with Crippen molar-refractivity contribution in [2.24, 2.45) is 5.92 Å². The van der Waals surface area contributed by atoms with Crippen LogP contribution in [-0.2, 0) is 16.0 Å². The largest absolute Gasteiger partial charge is 0.493 e. The summed E-state index contributed by atoms with van der Waals surface area (Å²) in [4.78, 5) is 12.2. The molecular weight excluding hydrogens is 294 g/mol. The van der Waals surface area contributed by atoms with Crippen molar-refractivity contribution in [1.29, 1.82) is 0 Å². The van der Waals surface area contributed by atoms with Crippen molar-refractivity contribution in [1.82, 2.24) is 5.32 Å². The van der Waals surface area contributed by atoms with E-state index in [2.05, 4.69) is 11.4 Å². The number of rotatable bonds is 7. The second-order valence-corrected chi connectivity index (χ2v) is 6.34. The Morgan fingerprint density at radius 3 is 3.04 bits per heavy atom. The number of aliphatic hydroxyl groups excluding tert-OH is 1. The number of hydrogen-bond donors (Lipinski definition) is 2. The SMILES string of the molecule is CCOCCC(=O)NC(c1ccc2c(c1)CCO2)C1CC(O)C1. The van der Waals surface area contributed by atoms with Crippen molar-refractivity contribution in [3.05, 3.63) is 29.3 Å². The van der Waals surface area contributed by atoms with Gasteiger partial charge in [-0.3, -0.25) is 4.79 Å². The van der Waals surface area contributed by atoms with Gasteiger partial charge in [0.05, 0.1) is 25.4 Å². The van der Waals surface area contributed by atoms with Gasteiger partial charge in [0.2, 0.25) is 5.91 Å². The van der Waals surface area contributed by atoms with Gasteiger partial charge in [-0.05, 0) is 48.9 Å². The first-order valence-corrected chi connectivity index (χ1v) is 8.48. The van der Waals surface area contributed by atoms with Crippen LogP contribution < -0.4 is 10.1 Å². The average Bonchev–Trinajstić information content (AvgIpc) is 2.97. The van der Waals surface area contributed by atoms with Crippen LogP contribution in [0.3, 0.4) is 0 Å². The molecule has 2 N–H and O–H groups in total. The van der Waals surface area contributed by atoms with E-state index in [4.69, 9.17) is 9.47 Å². The summed E-state index contributed by atoms with van der Waals surface area (Å²) in [6.07, 6.45) is 2.53. The second-order valence-electron chi connectivity index (χ2n) is 6.34. The quantitative estimate of drug-likeness (QED) is 0.754. The van der Waals surface area contributed by atoms with Crippen LogP contribution in [0.15, 0.2) is 18.2 Å². The molecule has 0 spiro atoms. The van der Waals surface area contributed by atoms with Crippen molar-refractivity contribution >= 4 is 5.91 Å². The minimum atomic E-state index is -0.236. The fourth-order valence-corrected chi connectivity index (χ4v) is 3.33. The van der Waals surface area contributed by atoms with Gasteiger partial charge in [0.1, 0.15) is 5.75 Å². The maximum absolute atomic E-state index is 12.2. The predicted octanol–water partition coefficient (Wildman–Crippen LogP) is 1.98. The number of benzene rings is 1. The van der Waals surface area contributed by atoms with Gasteiger partial charge in [-0.15, -0.1) is 0 Å². The Morgan fingerprint density at radius 2 is 2.30 bits per heavy atom. The van der Waals surface area contributed by atoms with Crippen molar-refractivity contribution in [3.8, 4) is 5.75 Å². The standard InChI is InChI=1S/C18H25NO4/c1-2-22-7-6-17(21)19-18(14-10-15(20)11-14)13-3-4-16-12(9-13)5-8-23-16/h3-4,9,14-15,18,20H,2,5-8,10-11H2,1H3,(H,19,21). The van der Waals surface area contributed by atoms with E-state index in [9.17, 15) is 9.90 Å². The molecule has 1 aromatic rings. The van der Waals surface area contributed by atoms with E-state index in [0.717, 1.165) is 37.2 Å². The summed E-state index contributed by atoms with van der Waals surface area (Å²) in [5.74, 6) is 1.24. The molecule has 3 rings (SSSR count). The number of fused-ring (bicyclic) bond motifs is 1. The lowest BCUT2D eigenvalue weighted by Gasteiger charge is -2.38. The molecule has 1 atom stereocenters. The van der Waals surface area contributed by atoms with Gasteiger partial charge in [0.15, 0.2) is 0 Å². The molecule has 0 aromatic heterocycles. The smallest absolute Gasteiger partial charge is 0.222 e. The van der Waals surface area contributed by atoms with Crippen molar-refractivity contribution in [3.63, 3.8) is 0 Å². The molecule has 1 aliphatic heterocycles. The van der Waals surface area contributed by atoms with Gasteiger partial charge in [-0.1, -0.05) is 6.07 Å². The maximum atomic E-state index is 12.2. The van der Waals surface area contributed by atoms with E-state index in [1.54, 1.807) is 0 Å². The zero-order chi connectivity index (χ0) is 16.2. The number of carbonyl (C=O) groups is 1. The molecule has 0 saturated heterocycles. The summed E-state index contributed by atoms with van der Waals surface area (Å²) in [6, 6.07) is 6.12. The van der Waals surface area contributed by atoms with Crippen LogP contribution in [-0.4, -0.2) is 36.9 Å². The zero-order valence-electron chi connectivity index (χ0n) is 13.6. The molecule has 23 heavy (non-hydrogen) atoms. The first-order valence-electron chi connectivity index (χ1n) is 8.48. The molecule has 126 valence electrons. The maximum Gasteiger partial charge on any atom is 0.222 e. The Hall–Kier alpha value is -1.59. The Balaban J connectivity index is 1.69. The molecule has 5 heteroatoms. The number of aliphatic hydroxyl groups is 1. The third-order valence-electron chi connectivity index (χ3n) is 4.69. The van der Waals surface area contributed by atoms with Crippen molar-refractivity contribution in [2.75, 3.05) is 19.8 Å². The summed E-state index contributed by atoms with van der Waals surface area (Å²) in [5, 5.41) is 12.8. The first kappa shape index (κ1) is 16.3. The summed E-state index contributed by atoms with van der Waals surface area (Å²) in [6.45, 7) is 3.71. The van der Waals surface area contributed by atoms with Gasteiger partial charge in [-0.25, -0.2) is 0 Å². The molecule has 5 nitrogen and oxygen atoms in total. The first-order chi connectivity index (χ1) is 11.2. The minimum Gasteiger partial charge on any atom is -0.493 e. The number of hydrogen-bond acceptors (Lipinski definition) is 4. The predicted molar refractivity (Wildman–Crippen MR) is 86.4 cm³/mol. The van der Waals surface area contributed by atoms with E-state index in [0.29, 0.717) is 25.6 Å². The number of nitrogens with one attached hydrogen (secondary N) is 1. The second kappa shape index (κ2) is 7.32. The monoisotopic (exact) mass is 319 g/mol. The van der Waals surface area contributed by atoms with Crippen LogP contribution in [0.5, 0.6) is 5.75 Å². The third-order valence-corrected chi connectivity index (χ3v) is 4.69. The Kier molecular flexibility index (Phi) is 5.18. The number of carbonyl (C=O) groups excluding carboxylic acids is 1. The lowest BCUT2D eigenvalue weighted by Crippen LogP contribution is -2.41. The Morgan fingerprint density at radius 1 is 1.48 bits per heavy atom. The van der Waals surface area contributed by atoms with E-state index in [-0.39, 0.29) is 18.1 Å². The summed E-state index contributed by atoms with van der Waals surface area (Å²) < 4.78 is 10.8. The molecule has 0 radical (unpaired) electrons. The molecule has 1 unspecified atom stereocenters. The van der Waals surface area contributed by atoms with E-state index >= 15 is 0 Å². The van der Waals surface area contributed by atoms with Gasteiger partial charge in [0.25, 0.3) is 0 Å². The third kappa shape index (κ3) is 3.85. The molecular formula is C18H25NO4. The van der Waals surface area contributed by atoms with Crippen LogP contribution in [0.1, 0.15) is 43.4 Å². The normalized spacial score (nSPS) is 23.6. The average molecular weight is 319 g/mol. The van der Waals surface area contributed by atoms with E-state index in [1.165, 1.54) is 5.56 Å². The molecule has 1 aliphatic carbocycles. The van der Waals surface area contributed by atoms with Crippen molar-refractivity contribution in [2.45, 2.75) is 44.8 Å². The Labute approximate surface area is 137 Å². The van der Waals surface area contributed by atoms with Gasteiger partial charge < -0.3 is 19.9 Å². The van der Waals surface area contributed by atoms with Crippen molar-refractivity contribution < 1.29 is 19.4 Å². The number of amides is 1. The minimum absolute atomic E-state index is 0.00147. The fourth-order valence-electron chi connectivity index (χ4n) is 3.33. The van der Waals surface area contributed by atoms with Crippen LogP contribution in [0, 0.1) is 5.92 Å². The highest BCUT2D eigenvalue weighted by Crippen LogP contribution is 2.39. The molecule has 1 fully saturated rings. The summed E-state index contributed by atoms with van der Waals surface area (Å²) in [7, 11) is 0. The lowest BCUT2D eigenvalue weighted by molar-refractivity contribution is -0.124. The van der Waals surface area contributed by atoms with Gasteiger partial charge >= 0.3 is 0 Å². The summed E-state index contributed by atoms with van der Waals surface area (Å²) in [5.41, 5.74) is 2.31. The molecule has 1 heterocycles. The van der Waals surface area contributed by atoms with Crippen LogP contribution in [0.4, 0.5) is 0 Å². The van der Waals surface area contributed by atoms with Gasteiger partial charge in [-0.2, -0.15) is 0 Å². The highest BCUT2D eigenvalue weighted by Gasteiger charge is 2.36. The topological polar surface area (TPSA) is 67.8 Å². The van der Waals surface area contributed by atoms with Crippen LogP contribution >= 0.6 is 0 Å². The number of ether oxygens (including phenoxy) is 2. The fraction of sp³-hybridized carbons (Fsp3) is 0.611. The molecule has 1 amide bonds. The van der Waals surface area contributed by atoms with E-state index < -0.39 is 0 Å².